The van der Waals surface area contributed by atoms with E-state index in [2.05, 4.69) is 43.9 Å². The fourth-order valence-electron chi connectivity index (χ4n) is 2.31. The van der Waals surface area contributed by atoms with Crippen molar-refractivity contribution in [2.75, 3.05) is 23.4 Å². The van der Waals surface area contributed by atoms with E-state index in [1.54, 1.807) is 0 Å². The minimum atomic E-state index is 0.451. The third-order valence-electron chi connectivity index (χ3n) is 3.42. The van der Waals surface area contributed by atoms with Crippen LogP contribution < -0.4 is 5.32 Å². The Labute approximate surface area is 131 Å². The van der Waals surface area contributed by atoms with Gasteiger partial charge in [-0.15, -0.1) is 11.8 Å². The fraction of sp³-hybridized carbons (Fsp3) is 0.733. The average Bonchev–Trinajstić information content (AvgIpc) is 2.52. The highest BCUT2D eigenvalue weighted by Crippen LogP contribution is 2.43. The van der Waals surface area contributed by atoms with E-state index in [0.717, 1.165) is 36.7 Å². The summed E-state index contributed by atoms with van der Waals surface area (Å²) in [7, 11) is 0. The predicted molar refractivity (Wildman–Crippen MR) is 91.9 cm³/mol. The number of rotatable bonds is 6. The highest BCUT2D eigenvalue weighted by atomic mass is 32.2. The molecule has 5 heteroatoms. The molecule has 2 heterocycles. The van der Waals surface area contributed by atoms with Gasteiger partial charge in [-0.25, -0.2) is 9.97 Å². The van der Waals surface area contributed by atoms with Crippen LogP contribution in [0.3, 0.4) is 0 Å². The Morgan fingerprint density at radius 2 is 2.00 bits per heavy atom. The van der Waals surface area contributed by atoms with Crippen molar-refractivity contribution in [2.24, 2.45) is 0 Å². The molecule has 1 aliphatic rings. The molecule has 1 saturated heterocycles. The third kappa shape index (κ3) is 4.04. The van der Waals surface area contributed by atoms with Gasteiger partial charge in [0.25, 0.3) is 0 Å². The second kappa shape index (κ2) is 8.13. The summed E-state index contributed by atoms with van der Waals surface area (Å²) in [6.07, 6.45) is 3.28. The van der Waals surface area contributed by atoms with E-state index in [1.807, 2.05) is 11.8 Å². The molecule has 0 amide bonds. The molecule has 1 aromatic rings. The van der Waals surface area contributed by atoms with Crippen molar-refractivity contribution in [3.05, 3.63) is 17.6 Å². The molecule has 2 rings (SSSR count). The molecule has 0 aromatic carbocycles. The van der Waals surface area contributed by atoms with E-state index in [0.29, 0.717) is 10.5 Å². The molecule has 2 atom stereocenters. The molecular weight excluding hydrogens is 286 g/mol. The van der Waals surface area contributed by atoms with Crippen LogP contribution in [0.5, 0.6) is 0 Å². The second-order valence-electron chi connectivity index (χ2n) is 4.99. The first-order valence-corrected chi connectivity index (χ1v) is 9.73. The first kappa shape index (κ1) is 16.0. The summed E-state index contributed by atoms with van der Waals surface area (Å²) >= 11 is 4.11. The average molecular weight is 312 g/mol. The summed E-state index contributed by atoms with van der Waals surface area (Å²) in [5.74, 6) is 4.50. The molecule has 0 saturated carbocycles. The molecule has 1 fully saturated rings. The molecule has 112 valence electrons. The van der Waals surface area contributed by atoms with Gasteiger partial charge in [-0.2, -0.15) is 11.8 Å². The number of nitrogens with one attached hydrogen (secondary N) is 1. The Balaban J connectivity index is 2.24. The smallest absolute Gasteiger partial charge is 0.145 e. The maximum absolute atomic E-state index is 4.80. The molecular formula is C15H25N3S2. The Kier molecular flexibility index (Phi) is 6.49. The van der Waals surface area contributed by atoms with Gasteiger partial charge < -0.3 is 5.32 Å². The van der Waals surface area contributed by atoms with Crippen molar-refractivity contribution < 1.29 is 0 Å². The summed E-state index contributed by atoms with van der Waals surface area (Å²) < 4.78 is 0. The van der Waals surface area contributed by atoms with E-state index in [1.165, 1.54) is 17.9 Å². The van der Waals surface area contributed by atoms with Crippen molar-refractivity contribution in [1.29, 1.82) is 0 Å². The maximum atomic E-state index is 4.80. The first-order valence-electron chi connectivity index (χ1n) is 7.63. The molecule has 0 spiro atoms. The molecule has 0 radical (unpaired) electrons. The highest BCUT2D eigenvalue weighted by Gasteiger charge is 2.29. The zero-order valence-corrected chi connectivity index (χ0v) is 14.3. The van der Waals surface area contributed by atoms with Crippen molar-refractivity contribution in [1.82, 2.24) is 9.97 Å². The van der Waals surface area contributed by atoms with Crippen LogP contribution in [0.2, 0.25) is 0 Å². The molecule has 0 aliphatic carbocycles. The van der Waals surface area contributed by atoms with E-state index in [4.69, 9.17) is 9.97 Å². The summed E-state index contributed by atoms with van der Waals surface area (Å²) in [6, 6.07) is 2.10. The first-order chi connectivity index (χ1) is 9.78. The maximum Gasteiger partial charge on any atom is 0.145 e. The van der Waals surface area contributed by atoms with Gasteiger partial charge >= 0.3 is 0 Å². The molecule has 3 nitrogen and oxygen atoms in total. The molecule has 1 aromatic heterocycles. The number of hydrogen-bond acceptors (Lipinski definition) is 5. The van der Waals surface area contributed by atoms with Crippen LogP contribution in [0.4, 0.5) is 5.82 Å². The lowest BCUT2D eigenvalue weighted by molar-refractivity contribution is 0.741. The fourth-order valence-corrected chi connectivity index (χ4v) is 5.30. The van der Waals surface area contributed by atoms with Gasteiger partial charge in [0.1, 0.15) is 11.6 Å². The van der Waals surface area contributed by atoms with Crippen LogP contribution in [-0.2, 0) is 6.42 Å². The van der Waals surface area contributed by atoms with Crippen molar-refractivity contribution >= 4 is 29.3 Å². The van der Waals surface area contributed by atoms with E-state index < -0.39 is 0 Å². The Morgan fingerprint density at radius 1 is 1.20 bits per heavy atom. The summed E-state index contributed by atoms with van der Waals surface area (Å²) in [6.45, 7) is 7.59. The Hall–Kier alpha value is -0.420. The molecule has 1 N–H and O–H groups in total. The van der Waals surface area contributed by atoms with Gasteiger partial charge in [0.15, 0.2) is 0 Å². The summed E-state index contributed by atoms with van der Waals surface area (Å²) in [5, 5.41) is 4.52. The lowest BCUT2D eigenvalue weighted by atomic mass is 10.2. The van der Waals surface area contributed by atoms with Crippen LogP contribution in [0.1, 0.15) is 50.4 Å². The van der Waals surface area contributed by atoms with E-state index in [9.17, 15) is 0 Å². The zero-order valence-electron chi connectivity index (χ0n) is 12.7. The van der Waals surface area contributed by atoms with Gasteiger partial charge in [0.2, 0.25) is 0 Å². The number of hydrogen-bond donors (Lipinski definition) is 1. The summed E-state index contributed by atoms with van der Waals surface area (Å²) in [5.41, 5.74) is 1.15. The largest absolute Gasteiger partial charge is 0.370 e. The number of aromatic nitrogens is 2. The van der Waals surface area contributed by atoms with Gasteiger partial charge in [-0.05, 0) is 19.3 Å². The monoisotopic (exact) mass is 311 g/mol. The summed E-state index contributed by atoms with van der Waals surface area (Å²) in [4.78, 5) is 9.58. The van der Waals surface area contributed by atoms with Crippen molar-refractivity contribution in [3.63, 3.8) is 0 Å². The van der Waals surface area contributed by atoms with Gasteiger partial charge in [0.05, 0.1) is 5.25 Å². The third-order valence-corrected chi connectivity index (χ3v) is 6.66. The Bertz CT molecular complexity index is 426. The molecule has 20 heavy (non-hydrogen) atoms. The molecule has 1 aliphatic heterocycles. The minimum Gasteiger partial charge on any atom is -0.370 e. The topological polar surface area (TPSA) is 37.8 Å². The van der Waals surface area contributed by atoms with E-state index >= 15 is 0 Å². The number of nitrogens with zero attached hydrogens (tertiary/aromatic N) is 2. The SMILES string of the molecule is CCCNc1cc(CC)nc(C2SCCSC2CC)n1. The standard InChI is InChI=1S/C15H25N3S2/c1-4-7-16-13-10-11(5-2)17-15(18-13)14-12(6-3)19-8-9-20-14/h10,12,14H,4-9H2,1-3H3,(H,16,17,18). The van der Waals surface area contributed by atoms with Crippen molar-refractivity contribution in [3.8, 4) is 0 Å². The predicted octanol–water partition coefficient (Wildman–Crippen LogP) is 4.16. The van der Waals surface area contributed by atoms with Crippen LogP contribution in [0.25, 0.3) is 0 Å². The Morgan fingerprint density at radius 3 is 2.70 bits per heavy atom. The quantitative estimate of drug-likeness (QED) is 0.854. The molecule has 2 unspecified atom stereocenters. The zero-order chi connectivity index (χ0) is 14.4. The van der Waals surface area contributed by atoms with Crippen LogP contribution >= 0.6 is 23.5 Å². The molecule has 0 bridgehead atoms. The van der Waals surface area contributed by atoms with Crippen molar-refractivity contribution in [2.45, 2.75) is 50.5 Å². The van der Waals surface area contributed by atoms with Gasteiger partial charge in [-0.3, -0.25) is 0 Å². The lowest BCUT2D eigenvalue weighted by Gasteiger charge is -2.29. The number of thioether (sulfide) groups is 2. The van der Waals surface area contributed by atoms with Gasteiger partial charge in [-0.1, -0.05) is 20.8 Å². The normalized spacial score (nSPS) is 22.8. The van der Waals surface area contributed by atoms with Crippen LogP contribution in [-0.4, -0.2) is 33.3 Å². The van der Waals surface area contributed by atoms with Crippen LogP contribution in [0.15, 0.2) is 6.07 Å². The van der Waals surface area contributed by atoms with E-state index in [-0.39, 0.29) is 0 Å². The van der Waals surface area contributed by atoms with Gasteiger partial charge in [0, 0.05) is 35.1 Å². The number of anilines is 1. The van der Waals surface area contributed by atoms with Crippen LogP contribution in [0, 0.1) is 0 Å². The minimum absolute atomic E-state index is 0.451. The number of aryl methyl sites for hydroxylation is 1. The highest BCUT2D eigenvalue weighted by molar-refractivity contribution is 8.06. The lowest BCUT2D eigenvalue weighted by Crippen LogP contribution is -2.21. The second-order valence-corrected chi connectivity index (χ2v) is 7.59.